The van der Waals surface area contributed by atoms with Crippen molar-refractivity contribution in [2.75, 3.05) is 53.4 Å². The van der Waals surface area contributed by atoms with E-state index in [0.29, 0.717) is 6.04 Å². The topological polar surface area (TPSA) is 38.8 Å². The Morgan fingerprint density at radius 1 is 1.05 bits per heavy atom. The van der Waals surface area contributed by atoms with Crippen molar-refractivity contribution >= 4 is 6.03 Å². The standard InChI is InChI=1S/C16H32N4O/c1-18(2)16(21)20-12-7-15(8-13-20)17-9-14-19-10-5-3-4-6-11-19/h15,17H,3-14H2,1-2H3. The molecule has 0 radical (unpaired) electrons. The van der Waals surface area contributed by atoms with Gasteiger partial charge in [0.05, 0.1) is 0 Å². The van der Waals surface area contributed by atoms with E-state index >= 15 is 0 Å². The van der Waals surface area contributed by atoms with Crippen LogP contribution in [-0.2, 0) is 0 Å². The largest absolute Gasteiger partial charge is 0.331 e. The van der Waals surface area contributed by atoms with Gasteiger partial charge in [-0.2, -0.15) is 0 Å². The predicted molar refractivity (Wildman–Crippen MR) is 86.6 cm³/mol. The van der Waals surface area contributed by atoms with Crippen LogP contribution >= 0.6 is 0 Å². The Hall–Kier alpha value is -0.810. The maximum Gasteiger partial charge on any atom is 0.319 e. The van der Waals surface area contributed by atoms with Crippen LogP contribution in [0.15, 0.2) is 0 Å². The van der Waals surface area contributed by atoms with Crippen LogP contribution < -0.4 is 5.32 Å². The van der Waals surface area contributed by atoms with Crippen molar-refractivity contribution in [3.63, 3.8) is 0 Å². The third kappa shape index (κ3) is 5.47. The van der Waals surface area contributed by atoms with Crippen LogP contribution in [0.4, 0.5) is 4.79 Å². The highest BCUT2D eigenvalue weighted by Gasteiger charge is 2.23. The number of amides is 2. The number of nitrogens with zero attached hydrogens (tertiary/aromatic N) is 3. The van der Waals surface area contributed by atoms with Crippen LogP contribution in [0, 0.1) is 0 Å². The van der Waals surface area contributed by atoms with Gasteiger partial charge in [0.15, 0.2) is 0 Å². The lowest BCUT2D eigenvalue weighted by Gasteiger charge is -2.34. The molecular weight excluding hydrogens is 264 g/mol. The van der Waals surface area contributed by atoms with Crippen LogP contribution in [0.25, 0.3) is 0 Å². The summed E-state index contributed by atoms with van der Waals surface area (Å²) in [5.74, 6) is 0. The van der Waals surface area contributed by atoms with E-state index in [1.807, 2.05) is 19.0 Å². The molecule has 2 saturated heterocycles. The molecule has 2 heterocycles. The molecule has 2 rings (SSSR count). The van der Waals surface area contributed by atoms with Crippen LogP contribution in [0.1, 0.15) is 38.5 Å². The van der Waals surface area contributed by atoms with Crippen molar-refractivity contribution in [2.45, 2.75) is 44.6 Å². The monoisotopic (exact) mass is 296 g/mol. The number of nitrogens with one attached hydrogen (secondary N) is 1. The highest BCUT2D eigenvalue weighted by atomic mass is 16.2. The normalized spacial score (nSPS) is 22.1. The molecule has 0 saturated carbocycles. The maximum atomic E-state index is 11.9. The summed E-state index contributed by atoms with van der Waals surface area (Å²) in [7, 11) is 3.65. The molecule has 21 heavy (non-hydrogen) atoms. The maximum absolute atomic E-state index is 11.9. The van der Waals surface area contributed by atoms with E-state index in [4.69, 9.17) is 0 Å². The van der Waals surface area contributed by atoms with Crippen molar-refractivity contribution in [3.05, 3.63) is 0 Å². The zero-order valence-corrected chi connectivity index (χ0v) is 13.8. The van der Waals surface area contributed by atoms with Crippen molar-refractivity contribution in [1.29, 1.82) is 0 Å². The van der Waals surface area contributed by atoms with Gasteiger partial charge in [0.2, 0.25) is 0 Å². The summed E-state index contributed by atoms with van der Waals surface area (Å²) in [6.45, 7) is 6.59. The van der Waals surface area contributed by atoms with Gasteiger partial charge in [0, 0.05) is 46.3 Å². The smallest absolute Gasteiger partial charge is 0.319 e. The summed E-state index contributed by atoms with van der Waals surface area (Å²) < 4.78 is 0. The SMILES string of the molecule is CN(C)C(=O)N1CCC(NCCN2CCCCCC2)CC1. The number of urea groups is 1. The molecule has 2 fully saturated rings. The van der Waals surface area contributed by atoms with E-state index in [1.54, 1.807) is 4.90 Å². The lowest BCUT2D eigenvalue weighted by atomic mass is 10.1. The Morgan fingerprint density at radius 3 is 2.24 bits per heavy atom. The molecule has 122 valence electrons. The molecule has 1 N–H and O–H groups in total. The van der Waals surface area contributed by atoms with Crippen LogP contribution in [0.2, 0.25) is 0 Å². The second kappa shape index (κ2) is 8.59. The van der Waals surface area contributed by atoms with E-state index < -0.39 is 0 Å². The first-order valence-corrected chi connectivity index (χ1v) is 8.59. The molecule has 0 spiro atoms. The number of rotatable bonds is 4. The minimum absolute atomic E-state index is 0.151. The molecule has 0 aromatic rings. The molecule has 2 aliphatic heterocycles. The molecule has 0 aromatic heterocycles. The van der Waals surface area contributed by atoms with Gasteiger partial charge in [-0.15, -0.1) is 0 Å². The highest BCUT2D eigenvalue weighted by Crippen LogP contribution is 2.12. The van der Waals surface area contributed by atoms with Crippen LogP contribution in [-0.4, -0.2) is 80.1 Å². The Labute approximate surface area is 129 Å². The average molecular weight is 296 g/mol. The predicted octanol–water partition coefficient (Wildman–Crippen LogP) is 1.60. The summed E-state index contributed by atoms with van der Waals surface area (Å²) in [6.07, 6.45) is 7.71. The Bertz CT molecular complexity index is 305. The Morgan fingerprint density at radius 2 is 1.67 bits per heavy atom. The summed E-state index contributed by atoms with van der Waals surface area (Å²) in [5.41, 5.74) is 0. The minimum Gasteiger partial charge on any atom is -0.331 e. The van der Waals surface area contributed by atoms with E-state index in [2.05, 4.69) is 10.2 Å². The number of carbonyl (C=O) groups excluding carboxylic acids is 1. The summed E-state index contributed by atoms with van der Waals surface area (Å²) in [4.78, 5) is 18.1. The minimum atomic E-state index is 0.151. The van der Waals surface area contributed by atoms with Crippen molar-refractivity contribution < 1.29 is 4.79 Å². The van der Waals surface area contributed by atoms with Crippen molar-refractivity contribution in [1.82, 2.24) is 20.0 Å². The summed E-state index contributed by atoms with van der Waals surface area (Å²) in [5, 5.41) is 3.68. The number of hydrogen-bond donors (Lipinski definition) is 1. The molecule has 0 aromatic carbocycles. The Balaban J connectivity index is 1.59. The fourth-order valence-corrected chi connectivity index (χ4v) is 3.34. The fraction of sp³-hybridized carbons (Fsp3) is 0.938. The van der Waals surface area contributed by atoms with Crippen LogP contribution in [0.3, 0.4) is 0 Å². The second-order valence-electron chi connectivity index (χ2n) is 6.65. The lowest BCUT2D eigenvalue weighted by Crippen LogP contribution is -2.49. The highest BCUT2D eigenvalue weighted by molar-refractivity contribution is 5.73. The number of carbonyl (C=O) groups is 1. The van der Waals surface area contributed by atoms with E-state index in [9.17, 15) is 4.79 Å². The first-order valence-electron chi connectivity index (χ1n) is 8.59. The molecule has 0 bridgehead atoms. The first kappa shape index (κ1) is 16.6. The molecule has 0 aliphatic carbocycles. The second-order valence-corrected chi connectivity index (χ2v) is 6.65. The molecule has 0 atom stereocenters. The number of likely N-dealkylation sites (tertiary alicyclic amines) is 2. The van der Waals surface area contributed by atoms with E-state index in [1.165, 1.54) is 45.3 Å². The van der Waals surface area contributed by atoms with Gasteiger partial charge >= 0.3 is 6.03 Å². The fourth-order valence-electron chi connectivity index (χ4n) is 3.34. The van der Waals surface area contributed by atoms with Gasteiger partial charge in [0.25, 0.3) is 0 Å². The van der Waals surface area contributed by atoms with Gasteiger partial charge < -0.3 is 20.0 Å². The van der Waals surface area contributed by atoms with Gasteiger partial charge in [-0.05, 0) is 38.8 Å². The molecule has 0 unspecified atom stereocenters. The third-order valence-electron chi connectivity index (χ3n) is 4.71. The lowest BCUT2D eigenvalue weighted by molar-refractivity contribution is 0.151. The molecule has 5 nitrogen and oxygen atoms in total. The molecule has 2 amide bonds. The first-order chi connectivity index (χ1) is 10.2. The van der Waals surface area contributed by atoms with Crippen molar-refractivity contribution in [2.24, 2.45) is 0 Å². The molecular formula is C16H32N4O. The van der Waals surface area contributed by atoms with Gasteiger partial charge in [-0.1, -0.05) is 12.8 Å². The molecule has 2 aliphatic rings. The number of piperidine rings is 1. The van der Waals surface area contributed by atoms with Gasteiger partial charge in [0.1, 0.15) is 0 Å². The summed E-state index contributed by atoms with van der Waals surface area (Å²) in [6, 6.07) is 0.737. The van der Waals surface area contributed by atoms with E-state index in [-0.39, 0.29) is 6.03 Å². The average Bonchev–Trinajstić information content (AvgIpc) is 2.76. The third-order valence-corrected chi connectivity index (χ3v) is 4.71. The quantitative estimate of drug-likeness (QED) is 0.856. The van der Waals surface area contributed by atoms with Gasteiger partial charge in [-0.25, -0.2) is 4.79 Å². The van der Waals surface area contributed by atoms with Crippen LogP contribution in [0.5, 0.6) is 0 Å². The zero-order valence-electron chi connectivity index (χ0n) is 13.8. The van der Waals surface area contributed by atoms with Gasteiger partial charge in [-0.3, -0.25) is 0 Å². The number of hydrogen-bond acceptors (Lipinski definition) is 3. The van der Waals surface area contributed by atoms with Crippen molar-refractivity contribution in [3.8, 4) is 0 Å². The molecule has 5 heteroatoms. The summed E-state index contributed by atoms with van der Waals surface area (Å²) >= 11 is 0. The zero-order chi connectivity index (χ0) is 15.1. The Kier molecular flexibility index (Phi) is 6.77. The van der Waals surface area contributed by atoms with E-state index in [0.717, 1.165) is 32.5 Å².